The van der Waals surface area contributed by atoms with E-state index in [1.54, 1.807) is 0 Å². The van der Waals surface area contributed by atoms with Crippen molar-refractivity contribution in [1.82, 2.24) is 0 Å². The fourth-order valence-electron chi connectivity index (χ4n) is 1.89. The van der Waals surface area contributed by atoms with E-state index < -0.39 is 0 Å². The Morgan fingerprint density at radius 3 is 2.41 bits per heavy atom. The van der Waals surface area contributed by atoms with Gasteiger partial charge in [0.05, 0.1) is 6.10 Å². The Hall–Kier alpha value is -1.28. The Morgan fingerprint density at radius 1 is 1.29 bits per heavy atom. The lowest BCUT2D eigenvalue weighted by Gasteiger charge is -2.23. The van der Waals surface area contributed by atoms with Crippen LogP contribution in [0.25, 0.3) is 0 Å². The van der Waals surface area contributed by atoms with Crippen LogP contribution in [0, 0.1) is 0 Å². The monoisotopic (exact) mass is 233 g/mol. The lowest BCUT2D eigenvalue weighted by atomic mass is 10.1. The molecule has 1 aromatic rings. The molecule has 2 heteroatoms. The molecular formula is C15H23NO. The molecule has 0 saturated carbocycles. The Morgan fingerprint density at radius 2 is 1.94 bits per heavy atom. The second kappa shape index (κ2) is 7.13. The summed E-state index contributed by atoms with van der Waals surface area (Å²) in [6.45, 7) is 9.84. The Balaban J connectivity index is 2.79. The Kier molecular flexibility index (Phi) is 5.78. The van der Waals surface area contributed by atoms with Crippen LogP contribution in [0.2, 0.25) is 0 Å². The molecule has 1 rings (SSSR count). The molecule has 1 aromatic carbocycles. The van der Waals surface area contributed by atoms with Crippen molar-refractivity contribution >= 4 is 5.69 Å². The van der Waals surface area contributed by atoms with Crippen LogP contribution in [-0.2, 0) is 0 Å². The minimum absolute atomic E-state index is 0.344. The van der Waals surface area contributed by atoms with Crippen molar-refractivity contribution < 1.29 is 5.11 Å². The minimum Gasteiger partial charge on any atom is -0.388 e. The molecule has 0 heterocycles. The zero-order valence-corrected chi connectivity index (χ0v) is 10.9. The summed E-state index contributed by atoms with van der Waals surface area (Å²) in [6.07, 6.45) is 3.45. The first-order chi connectivity index (χ1) is 8.22. The van der Waals surface area contributed by atoms with E-state index in [1.807, 2.05) is 25.1 Å². The summed E-state index contributed by atoms with van der Waals surface area (Å²) < 4.78 is 0. The van der Waals surface area contributed by atoms with Crippen molar-refractivity contribution in [2.45, 2.75) is 32.8 Å². The van der Waals surface area contributed by atoms with E-state index in [4.69, 9.17) is 0 Å². The van der Waals surface area contributed by atoms with Gasteiger partial charge in [-0.05, 0) is 30.5 Å². The number of benzene rings is 1. The van der Waals surface area contributed by atoms with Gasteiger partial charge in [0.2, 0.25) is 0 Å². The molecule has 0 aliphatic carbocycles. The molecule has 2 nitrogen and oxygen atoms in total. The van der Waals surface area contributed by atoms with Crippen molar-refractivity contribution in [2.24, 2.45) is 0 Å². The molecule has 0 amide bonds. The first-order valence-electron chi connectivity index (χ1n) is 6.36. The zero-order chi connectivity index (χ0) is 12.7. The van der Waals surface area contributed by atoms with Crippen LogP contribution < -0.4 is 4.90 Å². The molecule has 1 atom stereocenters. The topological polar surface area (TPSA) is 23.5 Å². The second-order valence-electron chi connectivity index (χ2n) is 4.25. The summed E-state index contributed by atoms with van der Waals surface area (Å²) >= 11 is 0. The van der Waals surface area contributed by atoms with Crippen LogP contribution in [0.5, 0.6) is 0 Å². The number of aliphatic hydroxyl groups excluding tert-OH is 1. The van der Waals surface area contributed by atoms with Gasteiger partial charge >= 0.3 is 0 Å². The number of hydrogen-bond acceptors (Lipinski definition) is 2. The standard InChI is InChI=1S/C15H23NO/c1-4-11-16(12-5-2)14-9-7-13(8-10-14)15(17)6-3/h4,7-10,15,17H,1,5-6,11-12H2,2-3H3. The molecule has 0 fully saturated rings. The first-order valence-corrected chi connectivity index (χ1v) is 6.36. The minimum atomic E-state index is -0.344. The van der Waals surface area contributed by atoms with Gasteiger partial charge < -0.3 is 10.0 Å². The first kappa shape index (κ1) is 13.8. The van der Waals surface area contributed by atoms with Crippen molar-refractivity contribution in [3.05, 3.63) is 42.5 Å². The summed E-state index contributed by atoms with van der Waals surface area (Å²) in [6, 6.07) is 8.17. The van der Waals surface area contributed by atoms with Gasteiger partial charge in [0, 0.05) is 18.8 Å². The summed E-state index contributed by atoms with van der Waals surface area (Å²) in [5, 5.41) is 9.74. The molecule has 0 aliphatic heterocycles. The van der Waals surface area contributed by atoms with Gasteiger partial charge in [0.1, 0.15) is 0 Å². The summed E-state index contributed by atoms with van der Waals surface area (Å²) in [4.78, 5) is 2.29. The number of rotatable bonds is 7. The fourth-order valence-corrected chi connectivity index (χ4v) is 1.89. The Bertz CT molecular complexity index is 331. The number of nitrogens with zero attached hydrogens (tertiary/aromatic N) is 1. The van der Waals surface area contributed by atoms with E-state index in [2.05, 4.69) is 30.5 Å². The third-order valence-electron chi connectivity index (χ3n) is 2.87. The van der Waals surface area contributed by atoms with Crippen LogP contribution in [0.3, 0.4) is 0 Å². The molecular weight excluding hydrogens is 210 g/mol. The molecule has 1 unspecified atom stereocenters. The molecule has 0 spiro atoms. The van der Waals surface area contributed by atoms with Crippen LogP contribution in [-0.4, -0.2) is 18.2 Å². The van der Waals surface area contributed by atoms with Gasteiger partial charge in [-0.2, -0.15) is 0 Å². The highest BCUT2D eigenvalue weighted by Crippen LogP contribution is 2.21. The van der Waals surface area contributed by atoms with Crippen LogP contribution in [0.1, 0.15) is 38.4 Å². The van der Waals surface area contributed by atoms with E-state index in [-0.39, 0.29) is 6.10 Å². The van der Waals surface area contributed by atoms with Crippen LogP contribution in [0.4, 0.5) is 5.69 Å². The van der Waals surface area contributed by atoms with E-state index in [0.717, 1.165) is 31.5 Å². The van der Waals surface area contributed by atoms with Gasteiger partial charge in [-0.25, -0.2) is 0 Å². The third kappa shape index (κ3) is 3.90. The SMILES string of the molecule is C=CCN(CCC)c1ccc(C(O)CC)cc1. The summed E-state index contributed by atoms with van der Waals surface area (Å²) in [5.41, 5.74) is 2.19. The predicted molar refractivity (Wildman–Crippen MR) is 74.4 cm³/mol. The number of aliphatic hydroxyl groups is 1. The second-order valence-corrected chi connectivity index (χ2v) is 4.25. The predicted octanol–water partition coefficient (Wildman–Crippen LogP) is 3.53. The van der Waals surface area contributed by atoms with Gasteiger partial charge in [-0.1, -0.05) is 32.1 Å². The normalized spacial score (nSPS) is 12.2. The lowest BCUT2D eigenvalue weighted by Crippen LogP contribution is -2.23. The average molecular weight is 233 g/mol. The average Bonchev–Trinajstić information content (AvgIpc) is 2.38. The lowest BCUT2D eigenvalue weighted by molar-refractivity contribution is 0.173. The maximum atomic E-state index is 9.74. The highest BCUT2D eigenvalue weighted by atomic mass is 16.3. The smallest absolute Gasteiger partial charge is 0.0787 e. The van der Waals surface area contributed by atoms with Gasteiger partial charge in [0.15, 0.2) is 0 Å². The molecule has 0 aliphatic rings. The summed E-state index contributed by atoms with van der Waals surface area (Å²) in [5.74, 6) is 0. The van der Waals surface area contributed by atoms with E-state index in [0.29, 0.717) is 0 Å². The quantitative estimate of drug-likeness (QED) is 0.728. The van der Waals surface area contributed by atoms with Gasteiger partial charge in [-0.3, -0.25) is 0 Å². The van der Waals surface area contributed by atoms with Crippen LogP contribution in [0.15, 0.2) is 36.9 Å². The molecule has 17 heavy (non-hydrogen) atoms. The van der Waals surface area contributed by atoms with Crippen LogP contribution >= 0.6 is 0 Å². The number of hydrogen-bond donors (Lipinski definition) is 1. The van der Waals surface area contributed by atoms with E-state index in [9.17, 15) is 5.11 Å². The largest absolute Gasteiger partial charge is 0.388 e. The van der Waals surface area contributed by atoms with Crippen molar-refractivity contribution in [2.75, 3.05) is 18.0 Å². The van der Waals surface area contributed by atoms with E-state index in [1.165, 1.54) is 5.69 Å². The zero-order valence-electron chi connectivity index (χ0n) is 10.9. The molecule has 94 valence electrons. The van der Waals surface area contributed by atoms with Gasteiger partial charge in [0.25, 0.3) is 0 Å². The molecule has 0 radical (unpaired) electrons. The molecule has 0 bridgehead atoms. The molecule has 0 saturated heterocycles. The van der Waals surface area contributed by atoms with Gasteiger partial charge in [-0.15, -0.1) is 6.58 Å². The summed E-state index contributed by atoms with van der Waals surface area (Å²) in [7, 11) is 0. The Labute approximate surface area is 105 Å². The fraction of sp³-hybridized carbons (Fsp3) is 0.467. The third-order valence-corrected chi connectivity index (χ3v) is 2.87. The highest BCUT2D eigenvalue weighted by Gasteiger charge is 2.07. The molecule has 0 aromatic heterocycles. The maximum Gasteiger partial charge on any atom is 0.0787 e. The maximum absolute atomic E-state index is 9.74. The molecule has 1 N–H and O–H groups in total. The highest BCUT2D eigenvalue weighted by molar-refractivity contribution is 5.48. The number of anilines is 1. The van der Waals surface area contributed by atoms with E-state index >= 15 is 0 Å². The van der Waals surface area contributed by atoms with Crippen molar-refractivity contribution in [3.8, 4) is 0 Å². The van der Waals surface area contributed by atoms with Crippen molar-refractivity contribution in [3.63, 3.8) is 0 Å². The van der Waals surface area contributed by atoms with Crippen molar-refractivity contribution in [1.29, 1.82) is 0 Å².